The van der Waals surface area contributed by atoms with E-state index in [2.05, 4.69) is 0 Å². The number of alkyl halides is 1. The quantitative estimate of drug-likeness (QED) is 0.639. The van der Waals surface area contributed by atoms with Crippen LogP contribution < -0.4 is 0 Å². The highest BCUT2D eigenvalue weighted by Crippen LogP contribution is 2.12. The maximum Gasteiger partial charge on any atom is 0.294 e. The van der Waals surface area contributed by atoms with E-state index < -0.39 is 10.1 Å². The Morgan fingerprint density at radius 2 is 2.00 bits per heavy atom. The Morgan fingerprint density at radius 3 is 2.46 bits per heavy atom. The van der Waals surface area contributed by atoms with E-state index >= 15 is 0 Å². The van der Waals surface area contributed by atoms with Crippen LogP contribution in [-0.2, 0) is 16.0 Å². The number of rotatable bonds is 2. The van der Waals surface area contributed by atoms with Crippen molar-refractivity contribution in [3.8, 4) is 0 Å². The van der Waals surface area contributed by atoms with E-state index in [9.17, 15) is 8.42 Å². The van der Waals surface area contributed by atoms with Gasteiger partial charge in [-0.15, -0.1) is 24.0 Å². The van der Waals surface area contributed by atoms with Crippen molar-refractivity contribution in [1.82, 2.24) is 0 Å². The van der Waals surface area contributed by atoms with Crippen LogP contribution in [-0.4, -0.2) is 13.0 Å². The maximum absolute atomic E-state index is 10.6. The van der Waals surface area contributed by atoms with Crippen LogP contribution in [0.2, 0.25) is 0 Å². The summed E-state index contributed by atoms with van der Waals surface area (Å²) in [4.78, 5) is -0.124. The van der Waals surface area contributed by atoms with E-state index in [0.717, 1.165) is 0 Å². The lowest BCUT2D eigenvalue weighted by molar-refractivity contribution is 0.483. The molecule has 74 valence electrons. The minimum atomic E-state index is -4.09. The molecule has 0 aromatic heterocycles. The topological polar surface area (TPSA) is 54.4 Å². The first-order valence-electron chi connectivity index (χ1n) is 3.16. The molecule has 3 nitrogen and oxygen atoms in total. The Balaban J connectivity index is 0.00000144. The van der Waals surface area contributed by atoms with Gasteiger partial charge in [-0.05, 0) is 17.7 Å². The highest BCUT2D eigenvalue weighted by atomic mass is 35.5. The lowest BCUT2D eigenvalue weighted by Crippen LogP contribution is -1.98. The smallest absolute Gasteiger partial charge is 0.282 e. The third-order valence-corrected chi connectivity index (χ3v) is 2.51. The summed E-state index contributed by atoms with van der Waals surface area (Å²) in [6.07, 6.45) is 0. The average molecular weight is 243 g/mol. The summed E-state index contributed by atoms with van der Waals surface area (Å²) in [6, 6.07) is 5.86. The molecule has 1 rings (SSSR count). The van der Waals surface area contributed by atoms with E-state index in [4.69, 9.17) is 16.2 Å². The molecule has 1 aromatic rings. The zero-order chi connectivity index (χ0) is 9.19. The van der Waals surface area contributed by atoms with Crippen LogP contribution >= 0.6 is 24.0 Å². The van der Waals surface area contributed by atoms with E-state index in [0.29, 0.717) is 5.56 Å². The van der Waals surface area contributed by atoms with Crippen molar-refractivity contribution in [1.29, 1.82) is 0 Å². The van der Waals surface area contributed by atoms with Crippen molar-refractivity contribution < 1.29 is 13.0 Å². The molecule has 0 atom stereocenters. The summed E-state index contributed by atoms with van der Waals surface area (Å²) in [5.41, 5.74) is 0.659. The van der Waals surface area contributed by atoms with Crippen LogP contribution in [0.25, 0.3) is 0 Å². The summed E-state index contributed by atoms with van der Waals surface area (Å²) in [5.74, 6) is 0.226. The first-order valence-corrected chi connectivity index (χ1v) is 5.14. The predicted octanol–water partition coefficient (Wildman–Crippen LogP) is 2.09. The highest BCUT2D eigenvalue weighted by Gasteiger charge is 2.08. The van der Waals surface area contributed by atoms with E-state index in [1.807, 2.05) is 0 Å². The minimum absolute atomic E-state index is 0. The largest absolute Gasteiger partial charge is 0.294 e. The third-order valence-electron chi connectivity index (χ3n) is 1.35. The standard InChI is InChI=1S/C7H7ClO3S.ClH/c8-5-6-2-1-3-7(4-6)12(9,10)11;/h1-4H,5H2,(H,9,10,11);1H. The van der Waals surface area contributed by atoms with E-state index in [1.54, 1.807) is 6.07 Å². The molecule has 1 aromatic carbocycles. The number of halogens is 2. The molecule has 13 heavy (non-hydrogen) atoms. The summed E-state index contributed by atoms with van der Waals surface area (Å²) in [7, 11) is -4.09. The molecular formula is C7H8Cl2O3S. The molecule has 0 bridgehead atoms. The molecule has 0 radical (unpaired) electrons. The van der Waals surface area contributed by atoms with Gasteiger partial charge >= 0.3 is 0 Å². The van der Waals surface area contributed by atoms with E-state index in [-0.39, 0.29) is 23.2 Å². The van der Waals surface area contributed by atoms with Crippen molar-refractivity contribution >= 4 is 34.1 Å². The summed E-state index contributed by atoms with van der Waals surface area (Å²) >= 11 is 5.47. The zero-order valence-electron chi connectivity index (χ0n) is 6.47. The third kappa shape index (κ3) is 3.52. The fourth-order valence-corrected chi connectivity index (χ4v) is 1.51. The van der Waals surface area contributed by atoms with Gasteiger partial charge in [-0.2, -0.15) is 8.42 Å². The Kier molecular flexibility index (Phi) is 4.70. The fourth-order valence-electron chi connectivity index (χ4n) is 0.789. The average Bonchev–Trinajstić information content (AvgIpc) is 2.03. The molecule has 0 amide bonds. The zero-order valence-corrected chi connectivity index (χ0v) is 8.86. The highest BCUT2D eigenvalue weighted by molar-refractivity contribution is 7.85. The molecule has 0 unspecified atom stereocenters. The Hall–Kier alpha value is -0.290. The Morgan fingerprint density at radius 1 is 1.38 bits per heavy atom. The molecule has 0 saturated heterocycles. The molecule has 0 aliphatic carbocycles. The second kappa shape index (κ2) is 4.81. The molecular weight excluding hydrogens is 235 g/mol. The SMILES string of the molecule is Cl.O=S(=O)(O)c1cccc(CCl)c1. The van der Waals surface area contributed by atoms with Crippen LogP contribution in [0.3, 0.4) is 0 Å². The molecule has 0 spiro atoms. The van der Waals surface area contributed by atoms with Crippen LogP contribution in [0.1, 0.15) is 5.56 Å². The molecule has 0 saturated carbocycles. The molecule has 0 heterocycles. The molecule has 0 aliphatic rings. The summed E-state index contributed by atoms with van der Waals surface area (Å²) in [6.45, 7) is 0. The molecule has 0 fully saturated rings. The number of benzene rings is 1. The van der Waals surface area contributed by atoms with Gasteiger partial charge < -0.3 is 0 Å². The Labute approximate surface area is 87.9 Å². The van der Waals surface area contributed by atoms with Gasteiger partial charge in [0.25, 0.3) is 10.1 Å². The summed E-state index contributed by atoms with van der Waals surface area (Å²) in [5, 5.41) is 0. The van der Waals surface area contributed by atoms with Gasteiger partial charge in [0, 0.05) is 5.88 Å². The van der Waals surface area contributed by atoms with Crippen LogP contribution in [0.4, 0.5) is 0 Å². The lowest BCUT2D eigenvalue weighted by Gasteiger charge is -1.98. The number of hydrogen-bond acceptors (Lipinski definition) is 2. The molecule has 6 heteroatoms. The van der Waals surface area contributed by atoms with Gasteiger partial charge in [-0.25, -0.2) is 0 Å². The lowest BCUT2D eigenvalue weighted by atomic mass is 10.2. The second-order valence-electron chi connectivity index (χ2n) is 2.26. The number of hydrogen-bond donors (Lipinski definition) is 1. The Bertz CT molecular complexity index is 375. The van der Waals surface area contributed by atoms with E-state index in [1.165, 1.54) is 18.2 Å². The first-order chi connectivity index (χ1) is 5.54. The van der Waals surface area contributed by atoms with Crippen LogP contribution in [0, 0.1) is 0 Å². The van der Waals surface area contributed by atoms with Gasteiger partial charge in [0.2, 0.25) is 0 Å². The second-order valence-corrected chi connectivity index (χ2v) is 3.94. The van der Waals surface area contributed by atoms with Crippen LogP contribution in [0.15, 0.2) is 29.2 Å². The normalized spacial score (nSPS) is 10.6. The van der Waals surface area contributed by atoms with Gasteiger partial charge in [-0.3, -0.25) is 4.55 Å². The van der Waals surface area contributed by atoms with Crippen molar-refractivity contribution in [3.63, 3.8) is 0 Å². The maximum atomic E-state index is 10.6. The minimum Gasteiger partial charge on any atom is -0.282 e. The monoisotopic (exact) mass is 242 g/mol. The van der Waals surface area contributed by atoms with Crippen LogP contribution in [0.5, 0.6) is 0 Å². The van der Waals surface area contributed by atoms with Crippen molar-refractivity contribution in [2.75, 3.05) is 0 Å². The van der Waals surface area contributed by atoms with Gasteiger partial charge in [0.05, 0.1) is 4.90 Å². The first kappa shape index (κ1) is 12.7. The predicted molar refractivity (Wildman–Crippen MR) is 53.1 cm³/mol. The fraction of sp³-hybridized carbons (Fsp3) is 0.143. The van der Waals surface area contributed by atoms with Gasteiger partial charge in [-0.1, -0.05) is 12.1 Å². The van der Waals surface area contributed by atoms with Gasteiger partial charge in [0.1, 0.15) is 0 Å². The van der Waals surface area contributed by atoms with Crippen molar-refractivity contribution in [2.24, 2.45) is 0 Å². The molecule has 0 aliphatic heterocycles. The van der Waals surface area contributed by atoms with Gasteiger partial charge in [0.15, 0.2) is 0 Å². The van der Waals surface area contributed by atoms with Crippen molar-refractivity contribution in [3.05, 3.63) is 29.8 Å². The van der Waals surface area contributed by atoms with Crippen molar-refractivity contribution in [2.45, 2.75) is 10.8 Å². The summed E-state index contributed by atoms with van der Waals surface area (Å²) < 4.78 is 29.9. The molecule has 1 N–H and O–H groups in total.